The van der Waals surface area contributed by atoms with Gasteiger partial charge in [-0.1, -0.05) is 31.2 Å². The average Bonchev–Trinajstić information content (AvgIpc) is 2.75. The number of carbonyl (C=O) groups is 1. The predicted octanol–water partition coefficient (Wildman–Crippen LogP) is 1.90. The molecule has 0 aliphatic heterocycles. The molecule has 3 rings (SSSR count). The summed E-state index contributed by atoms with van der Waals surface area (Å²) in [4.78, 5) is 15.6. The third kappa shape index (κ3) is 2.29. The lowest BCUT2D eigenvalue weighted by Crippen LogP contribution is -2.24. The summed E-state index contributed by atoms with van der Waals surface area (Å²) in [5, 5.41) is 11.0. The van der Waals surface area contributed by atoms with Crippen LogP contribution in [-0.2, 0) is 12.0 Å². The third-order valence-electron chi connectivity index (χ3n) is 4.35. The van der Waals surface area contributed by atoms with Crippen molar-refractivity contribution in [2.75, 3.05) is 0 Å². The second-order valence-electron chi connectivity index (χ2n) is 5.87. The minimum absolute atomic E-state index is 0.279. The van der Waals surface area contributed by atoms with Crippen LogP contribution in [0.2, 0.25) is 0 Å². The van der Waals surface area contributed by atoms with E-state index in [2.05, 4.69) is 18.0 Å². The van der Waals surface area contributed by atoms with Gasteiger partial charge in [0.1, 0.15) is 5.60 Å². The number of rotatable bonds is 2. The first-order chi connectivity index (χ1) is 10.9. The Kier molecular flexibility index (Phi) is 3.45. The van der Waals surface area contributed by atoms with Crippen molar-refractivity contribution in [3.05, 3.63) is 58.7 Å². The van der Waals surface area contributed by atoms with Crippen LogP contribution in [0.15, 0.2) is 41.4 Å². The van der Waals surface area contributed by atoms with Gasteiger partial charge in [-0.05, 0) is 53.3 Å². The largest absolute Gasteiger partial charge is 0.381 e. The van der Waals surface area contributed by atoms with E-state index in [1.165, 1.54) is 5.56 Å². The number of nitrogens with zero attached hydrogens (tertiary/aromatic N) is 1. The van der Waals surface area contributed by atoms with Crippen molar-refractivity contribution in [3.8, 4) is 11.1 Å². The molecule has 0 saturated heterocycles. The fourth-order valence-electron chi connectivity index (χ4n) is 3.24. The number of aliphatic imine (C=N–C) groups is 1. The topological polar surface area (TPSA) is 102 Å². The van der Waals surface area contributed by atoms with Crippen molar-refractivity contribution in [1.82, 2.24) is 0 Å². The lowest BCUT2D eigenvalue weighted by atomic mass is 9.92. The van der Waals surface area contributed by atoms with Crippen molar-refractivity contribution >= 4 is 11.9 Å². The number of fused-ring (bicyclic) bond motifs is 3. The number of amides is 1. The molecule has 0 radical (unpaired) electrons. The summed E-state index contributed by atoms with van der Waals surface area (Å²) >= 11 is 0. The van der Waals surface area contributed by atoms with Gasteiger partial charge in [0.25, 0.3) is 5.91 Å². The van der Waals surface area contributed by atoms with Gasteiger partial charge < -0.3 is 16.6 Å². The number of hydrogen-bond acceptors (Lipinski definition) is 2. The first-order valence-corrected chi connectivity index (χ1v) is 7.50. The molecule has 5 nitrogen and oxygen atoms in total. The molecule has 0 saturated carbocycles. The highest BCUT2D eigenvalue weighted by molar-refractivity contribution is 6.02. The normalized spacial score (nSPS) is 18.2. The van der Waals surface area contributed by atoms with E-state index < -0.39 is 11.5 Å². The molecule has 0 fully saturated rings. The molecule has 5 N–H and O–H groups in total. The maximum absolute atomic E-state index is 12.0. The van der Waals surface area contributed by atoms with Crippen molar-refractivity contribution in [1.29, 1.82) is 0 Å². The van der Waals surface area contributed by atoms with Crippen LogP contribution < -0.4 is 11.5 Å². The average molecular weight is 309 g/mol. The van der Waals surface area contributed by atoms with Crippen LogP contribution in [0, 0.1) is 0 Å². The van der Waals surface area contributed by atoms with Crippen LogP contribution >= 0.6 is 0 Å². The van der Waals surface area contributed by atoms with E-state index in [1.54, 1.807) is 19.1 Å². The summed E-state index contributed by atoms with van der Waals surface area (Å²) < 4.78 is 0. The third-order valence-corrected chi connectivity index (χ3v) is 4.35. The zero-order valence-corrected chi connectivity index (χ0v) is 13.1. The number of carbonyl (C=O) groups excluding carboxylic acids is 1. The number of aryl methyl sites for hydroxylation is 1. The Hall–Kier alpha value is -2.66. The molecule has 0 bridgehead atoms. The molecule has 1 aliphatic carbocycles. The lowest BCUT2D eigenvalue weighted by molar-refractivity contribution is 0.0999. The van der Waals surface area contributed by atoms with E-state index in [9.17, 15) is 9.90 Å². The van der Waals surface area contributed by atoms with Crippen molar-refractivity contribution in [3.63, 3.8) is 0 Å². The van der Waals surface area contributed by atoms with E-state index in [1.807, 2.05) is 18.2 Å². The number of benzene rings is 2. The van der Waals surface area contributed by atoms with Crippen molar-refractivity contribution in [2.24, 2.45) is 16.5 Å². The second kappa shape index (κ2) is 5.21. The minimum Gasteiger partial charge on any atom is -0.381 e. The van der Waals surface area contributed by atoms with Gasteiger partial charge in [0.05, 0.1) is 0 Å². The monoisotopic (exact) mass is 309 g/mol. The molecule has 1 amide bonds. The summed E-state index contributed by atoms with van der Waals surface area (Å²) in [5.74, 6) is -0.797. The predicted molar refractivity (Wildman–Crippen MR) is 90.1 cm³/mol. The standard InChI is InChI=1S/C18H19N3O2/c1-3-10-5-4-6-13-15(10)12-8-7-11(16(22)21-17(19)20)9-14(12)18(13,2)23/h4-9,23H,3H2,1-2H3,(H4,19,20,21,22). The molecular formula is C18H19N3O2. The van der Waals surface area contributed by atoms with Gasteiger partial charge in [-0.2, -0.15) is 4.99 Å². The molecule has 1 aliphatic rings. The zero-order valence-electron chi connectivity index (χ0n) is 13.1. The van der Waals surface area contributed by atoms with Gasteiger partial charge in [-0.15, -0.1) is 0 Å². The fourth-order valence-corrected chi connectivity index (χ4v) is 3.24. The highest BCUT2D eigenvalue weighted by Crippen LogP contribution is 2.49. The summed E-state index contributed by atoms with van der Waals surface area (Å²) in [7, 11) is 0. The molecule has 1 atom stereocenters. The number of aliphatic hydroxyl groups is 1. The van der Waals surface area contributed by atoms with Crippen LogP contribution in [0.4, 0.5) is 0 Å². The molecule has 2 aromatic carbocycles. The summed E-state index contributed by atoms with van der Waals surface area (Å²) in [6, 6.07) is 11.1. The first kappa shape index (κ1) is 15.2. The van der Waals surface area contributed by atoms with Gasteiger partial charge in [-0.25, -0.2) is 0 Å². The minimum atomic E-state index is -1.15. The molecule has 118 valence electrons. The SMILES string of the molecule is CCc1cccc2c1-c1ccc(C(=O)N=C(N)N)cc1C2(C)O. The zero-order chi connectivity index (χ0) is 16.8. The molecule has 2 aromatic rings. The van der Waals surface area contributed by atoms with Crippen LogP contribution in [0.1, 0.15) is 40.9 Å². The van der Waals surface area contributed by atoms with Gasteiger partial charge in [0, 0.05) is 5.56 Å². The smallest absolute Gasteiger partial charge is 0.280 e. The summed E-state index contributed by atoms with van der Waals surface area (Å²) in [6.45, 7) is 3.82. The highest BCUT2D eigenvalue weighted by atomic mass is 16.3. The Morgan fingerprint density at radius 3 is 2.61 bits per heavy atom. The molecule has 0 aromatic heterocycles. The van der Waals surface area contributed by atoms with E-state index >= 15 is 0 Å². The Bertz CT molecular complexity index is 834. The number of guanidine groups is 1. The van der Waals surface area contributed by atoms with E-state index in [0.29, 0.717) is 11.1 Å². The van der Waals surface area contributed by atoms with Crippen LogP contribution in [0.5, 0.6) is 0 Å². The number of hydrogen-bond donors (Lipinski definition) is 3. The van der Waals surface area contributed by atoms with Gasteiger partial charge in [0.2, 0.25) is 0 Å². The molecule has 5 heteroatoms. The van der Waals surface area contributed by atoms with E-state index in [4.69, 9.17) is 11.5 Å². The number of nitrogens with two attached hydrogens (primary N) is 2. The van der Waals surface area contributed by atoms with Crippen molar-refractivity contribution in [2.45, 2.75) is 25.9 Å². The Labute approximate surface area is 134 Å². The van der Waals surface area contributed by atoms with Gasteiger partial charge >= 0.3 is 0 Å². The maximum Gasteiger partial charge on any atom is 0.280 e. The summed E-state index contributed by atoms with van der Waals surface area (Å²) in [5.41, 5.74) is 14.5. The Morgan fingerprint density at radius 1 is 1.22 bits per heavy atom. The van der Waals surface area contributed by atoms with Crippen LogP contribution in [0.3, 0.4) is 0 Å². The fraction of sp³-hybridized carbons (Fsp3) is 0.222. The molecule has 0 spiro atoms. The Balaban J connectivity index is 2.21. The van der Waals surface area contributed by atoms with E-state index in [0.717, 1.165) is 23.1 Å². The lowest BCUT2D eigenvalue weighted by Gasteiger charge is -2.20. The maximum atomic E-state index is 12.0. The van der Waals surface area contributed by atoms with E-state index in [-0.39, 0.29) is 5.96 Å². The van der Waals surface area contributed by atoms with Gasteiger partial charge in [-0.3, -0.25) is 4.79 Å². The van der Waals surface area contributed by atoms with Crippen LogP contribution in [-0.4, -0.2) is 17.0 Å². The van der Waals surface area contributed by atoms with Crippen LogP contribution in [0.25, 0.3) is 11.1 Å². The molecular weight excluding hydrogens is 290 g/mol. The highest BCUT2D eigenvalue weighted by Gasteiger charge is 2.38. The Morgan fingerprint density at radius 2 is 1.96 bits per heavy atom. The molecule has 23 heavy (non-hydrogen) atoms. The van der Waals surface area contributed by atoms with Crippen molar-refractivity contribution < 1.29 is 9.90 Å². The quantitative estimate of drug-likeness (QED) is 0.582. The second-order valence-corrected chi connectivity index (χ2v) is 5.87. The molecule has 0 heterocycles. The van der Waals surface area contributed by atoms with Gasteiger partial charge in [0.15, 0.2) is 5.96 Å². The summed E-state index contributed by atoms with van der Waals surface area (Å²) in [6.07, 6.45) is 0.868. The first-order valence-electron chi connectivity index (χ1n) is 7.50. The molecule has 1 unspecified atom stereocenters.